The summed E-state index contributed by atoms with van der Waals surface area (Å²) in [6.07, 6.45) is 0. The first-order valence-corrected chi connectivity index (χ1v) is 5.99. The van der Waals surface area contributed by atoms with Crippen LogP contribution >= 0.6 is 0 Å². The minimum absolute atomic E-state index is 0.733. The number of anilines is 1. The number of benzene rings is 2. The van der Waals surface area contributed by atoms with Crippen molar-refractivity contribution in [3.8, 4) is 6.07 Å². The predicted molar refractivity (Wildman–Crippen MR) is 74.4 cm³/mol. The van der Waals surface area contributed by atoms with E-state index in [2.05, 4.69) is 42.6 Å². The van der Waals surface area contributed by atoms with E-state index in [1.807, 2.05) is 25.1 Å². The highest BCUT2D eigenvalue weighted by molar-refractivity contribution is 5.51. The summed E-state index contributed by atoms with van der Waals surface area (Å²) in [5.41, 5.74) is 5.32. The van der Waals surface area contributed by atoms with Crippen molar-refractivity contribution in [3.63, 3.8) is 0 Å². The molecule has 2 aromatic carbocycles. The van der Waals surface area contributed by atoms with E-state index < -0.39 is 0 Å². The third kappa shape index (κ3) is 2.89. The van der Waals surface area contributed by atoms with Crippen LogP contribution in [-0.4, -0.2) is 0 Å². The molecule has 18 heavy (non-hydrogen) atoms. The Balaban J connectivity index is 2.07. The normalized spacial score (nSPS) is 9.83. The lowest BCUT2D eigenvalue weighted by molar-refractivity contribution is 1.14. The molecule has 1 N–H and O–H groups in total. The fourth-order valence-electron chi connectivity index (χ4n) is 1.93. The molecule has 0 atom stereocenters. The molecule has 0 fully saturated rings. The van der Waals surface area contributed by atoms with Gasteiger partial charge in [0.1, 0.15) is 0 Å². The zero-order chi connectivity index (χ0) is 13.0. The molecule has 0 radical (unpaired) electrons. The Kier molecular flexibility index (Phi) is 3.64. The molecular weight excluding hydrogens is 220 g/mol. The monoisotopic (exact) mass is 236 g/mol. The van der Waals surface area contributed by atoms with E-state index in [0.29, 0.717) is 0 Å². The highest BCUT2D eigenvalue weighted by Gasteiger charge is 1.99. The molecule has 0 aliphatic rings. The summed E-state index contributed by atoms with van der Waals surface area (Å²) in [4.78, 5) is 0. The second-order valence-electron chi connectivity index (χ2n) is 4.48. The number of nitrogens with one attached hydrogen (secondary N) is 1. The maximum absolute atomic E-state index is 8.88. The first-order chi connectivity index (χ1) is 8.69. The van der Waals surface area contributed by atoms with Gasteiger partial charge in [0.15, 0.2) is 0 Å². The molecule has 0 aliphatic heterocycles. The van der Waals surface area contributed by atoms with Crippen LogP contribution in [0.1, 0.15) is 22.3 Å². The summed E-state index contributed by atoms with van der Waals surface area (Å²) in [5.74, 6) is 0. The van der Waals surface area contributed by atoms with Crippen LogP contribution in [0.2, 0.25) is 0 Å². The highest BCUT2D eigenvalue weighted by Crippen LogP contribution is 2.15. The Hall–Kier alpha value is -2.27. The number of nitriles is 1. The fraction of sp³-hybridized carbons (Fsp3) is 0.188. The minimum Gasteiger partial charge on any atom is -0.381 e. The van der Waals surface area contributed by atoms with Gasteiger partial charge >= 0.3 is 0 Å². The molecule has 0 amide bonds. The Bertz CT molecular complexity index is 594. The quantitative estimate of drug-likeness (QED) is 0.880. The molecule has 0 spiro atoms. The summed E-state index contributed by atoms with van der Waals surface area (Å²) in [7, 11) is 0. The first kappa shape index (κ1) is 12.2. The first-order valence-electron chi connectivity index (χ1n) is 5.99. The smallest absolute Gasteiger partial charge is 0.0994 e. The lowest BCUT2D eigenvalue weighted by Gasteiger charge is -2.08. The second kappa shape index (κ2) is 5.37. The van der Waals surface area contributed by atoms with Gasteiger partial charge in [-0.1, -0.05) is 29.8 Å². The van der Waals surface area contributed by atoms with Crippen LogP contribution in [0.3, 0.4) is 0 Å². The van der Waals surface area contributed by atoms with Crippen LogP contribution < -0.4 is 5.32 Å². The highest BCUT2D eigenvalue weighted by atomic mass is 14.9. The van der Waals surface area contributed by atoms with Gasteiger partial charge in [-0.15, -0.1) is 0 Å². The molecule has 0 heterocycles. The van der Waals surface area contributed by atoms with E-state index in [-0.39, 0.29) is 0 Å². The van der Waals surface area contributed by atoms with E-state index in [1.165, 1.54) is 11.1 Å². The number of nitrogens with zero attached hydrogens (tertiary/aromatic N) is 1. The lowest BCUT2D eigenvalue weighted by atomic mass is 10.1. The molecule has 2 nitrogen and oxygen atoms in total. The number of rotatable bonds is 3. The zero-order valence-electron chi connectivity index (χ0n) is 10.7. The van der Waals surface area contributed by atoms with Crippen molar-refractivity contribution in [2.45, 2.75) is 20.4 Å². The van der Waals surface area contributed by atoms with Crippen molar-refractivity contribution in [2.75, 3.05) is 5.32 Å². The summed E-state index contributed by atoms with van der Waals surface area (Å²) < 4.78 is 0. The molecule has 2 heteroatoms. The van der Waals surface area contributed by atoms with Gasteiger partial charge in [-0.2, -0.15) is 5.26 Å². The molecule has 2 aromatic rings. The molecule has 2 rings (SSSR count). The average Bonchev–Trinajstić information content (AvgIpc) is 2.37. The molecule has 0 aromatic heterocycles. The Morgan fingerprint density at radius 2 is 1.94 bits per heavy atom. The van der Waals surface area contributed by atoms with Gasteiger partial charge in [-0.05, 0) is 43.2 Å². The van der Waals surface area contributed by atoms with Crippen molar-refractivity contribution in [3.05, 3.63) is 64.7 Å². The Morgan fingerprint density at radius 1 is 1.11 bits per heavy atom. The maximum Gasteiger partial charge on any atom is 0.0994 e. The van der Waals surface area contributed by atoms with Gasteiger partial charge in [-0.25, -0.2) is 0 Å². The summed E-state index contributed by atoms with van der Waals surface area (Å²) >= 11 is 0. The summed E-state index contributed by atoms with van der Waals surface area (Å²) in [6.45, 7) is 4.85. The van der Waals surface area contributed by atoms with Crippen LogP contribution in [0.25, 0.3) is 0 Å². The second-order valence-corrected chi connectivity index (χ2v) is 4.48. The van der Waals surface area contributed by atoms with Crippen molar-refractivity contribution in [1.82, 2.24) is 0 Å². The van der Waals surface area contributed by atoms with Gasteiger partial charge in [0.25, 0.3) is 0 Å². The Labute approximate surface area is 108 Å². The number of hydrogen-bond donors (Lipinski definition) is 1. The van der Waals surface area contributed by atoms with Crippen LogP contribution in [0.4, 0.5) is 5.69 Å². The van der Waals surface area contributed by atoms with E-state index in [1.54, 1.807) is 0 Å². The molecule has 0 saturated heterocycles. The SMILES string of the molecule is Cc1cccc(CNc2ccc(C#N)c(C)c2)c1. The summed E-state index contributed by atoms with van der Waals surface area (Å²) in [5, 5.41) is 12.2. The molecule has 0 bridgehead atoms. The van der Waals surface area contributed by atoms with Crippen LogP contribution in [0, 0.1) is 25.2 Å². The minimum atomic E-state index is 0.733. The molecule has 0 aliphatic carbocycles. The van der Waals surface area contributed by atoms with Crippen molar-refractivity contribution < 1.29 is 0 Å². The average molecular weight is 236 g/mol. The van der Waals surface area contributed by atoms with E-state index in [0.717, 1.165) is 23.4 Å². The molecule has 90 valence electrons. The fourth-order valence-corrected chi connectivity index (χ4v) is 1.93. The topological polar surface area (TPSA) is 35.8 Å². The van der Waals surface area contributed by atoms with Crippen LogP contribution in [-0.2, 0) is 6.54 Å². The number of hydrogen-bond acceptors (Lipinski definition) is 2. The predicted octanol–water partition coefficient (Wildman–Crippen LogP) is 3.79. The third-order valence-corrected chi connectivity index (χ3v) is 2.93. The molecule has 0 unspecified atom stereocenters. The van der Waals surface area contributed by atoms with Crippen molar-refractivity contribution >= 4 is 5.69 Å². The van der Waals surface area contributed by atoms with Gasteiger partial charge in [0.05, 0.1) is 11.6 Å². The largest absolute Gasteiger partial charge is 0.381 e. The standard InChI is InChI=1S/C16H16N2/c1-12-4-3-5-14(8-12)11-18-16-7-6-15(10-17)13(2)9-16/h3-9,18H,11H2,1-2H3. The van der Waals surface area contributed by atoms with Gasteiger partial charge in [0, 0.05) is 12.2 Å². The number of aryl methyl sites for hydroxylation is 2. The van der Waals surface area contributed by atoms with Gasteiger partial charge in [-0.3, -0.25) is 0 Å². The maximum atomic E-state index is 8.88. The lowest BCUT2D eigenvalue weighted by Crippen LogP contribution is -2.00. The van der Waals surface area contributed by atoms with Crippen molar-refractivity contribution in [2.24, 2.45) is 0 Å². The van der Waals surface area contributed by atoms with Crippen LogP contribution in [0.5, 0.6) is 0 Å². The molecular formula is C16H16N2. The van der Waals surface area contributed by atoms with E-state index >= 15 is 0 Å². The van der Waals surface area contributed by atoms with E-state index in [9.17, 15) is 0 Å². The zero-order valence-corrected chi connectivity index (χ0v) is 10.7. The molecule has 0 saturated carbocycles. The van der Waals surface area contributed by atoms with Gasteiger partial charge in [0.2, 0.25) is 0 Å². The van der Waals surface area contributed by atoms with Crippen molar-refractivity contribution in [1.29, 1.82) is 5.26 Å². The van der Waals surface area contributed by atoms with Gasteiger partial charge < -0.3 is 5.32 Å². The Morgan fingerprint density at radius 3 is 2.61 bits per heavy atom. The van der Waals surface area contributed by atoms with Crippen LogP contribution in [0.15, 0.2) is 42.5 Å². The third-order valence-electron chi connectivity index (χ3n) is 2.93. The van der Waals surface area contributed by atoms with E-state index in [4.69, 9.17) is 5.26 Å². The summed E-state index contributed by atoms with van der Waals surface area (Å²) in [6, 6.07) is 16.4.